The van der Waals surface area contributed by atoms with Crippen molar-refractivity contribution in [1.82, 2.24) is 13.9 Å². The summed E-state index contributed by atoms with van der Waals surface area (Å²) in [6.07, 6.45) is 6.62. The minimum Gasteiger partial charge on any atom is -0.298 e. The number of sulfonamides is 1. The predicted molar refractivity (Wildman–Crippen MR) is 94.4 cm³/mol. The lowest BCUT2D eigenvalue weighted by Gasteiger charge is -2.24. The lowest BCUT2D eigenvalue weighted by molar-refractivity contribution is 0.363. The molecule has 1 aromatic carbocycles. The largest absolute Gasteiger partial charge is 0.298 e. The molecular weight excluding hydrogens is 326 g/mol. The van der Waals surface area contributed by atoms with Crippen LogP contribution in [0.25, 0.3) is 10.9 Å². The lowest BCUT2D eigenvalue weighted by atomic mass is 10.1. The van der Waals surface area contributed by atoms with Crippen LogP contribution in [0, 0.1) is 0 Å². The summed E-state index contributed by atoms with van der Waals surface area (Å²) in [6, 6.07) is 7.10. The second-order valence-electron chi connectivity index (χ2n) is 6.24. The van der Waals surface area contributed by atoms with Gasteiger partial charge in [-0.2, -0.15) is 0 Å². The number of rotatable bonds is 4. The van der Waals surface area contributed by atoms with Crippen LogP contribution in [-0.4, -0.2) is 41.1 Å². The van der Waals surface area contributed by atoms with Crippen LogP contribution < -0.4 is 5.56 Å². The first kappa shape index (κ1) is 17.1. The fourth-order valence-electron chi connectivity index (χ4n) is 3.10. The first-order chi connectivity index (χ1) is 11.6. The first-order valence-corrected chi connectivity index (χ1v) is 10.1. The second kappa shape index (κ2) is 7.44. The van der Waals surface area contributed by atoms with Gasteiger partial charge in [0.05, 0.1) is 23.0 Å². The Morgan fingerprint density at radius 1 is 1.00 bits per heavy atom. The molecule has 2 heterocycles. The Morgan fingerprint density at radius 2 is 1.67 bits per heavy atom. The zero-order valence-corrected chi connectivity index (χ0v) is 14.5. The van der Waals surface area contributed by atoms with E-state index < -0.39 is 10.0 Å². The van der Waals surface area contributed by atoms with E-state index in [1.807, 2.05) is 6.07 Å². The van der Waals surface area contributed by atoms with Crippen molar-refractivity contribution >= 4 is 20.9 Å². The van der Waals surface area contributed by atoms with E-state index in [0.29, 0.717) is 24.0 Å². The van der Waals surface area contributed by atoms with E-state index in [9.17, 15) is 13.2 Å². The summed E-state index contributed by atoms with van der Waals surface area (Å²) in [6.45, 7) is 1.32. The molecular formula is C17H23N3O3S. The van der Waals surface area contributed by atoms with Crippen molar-refractivity contribution in [3.05, 3.63) is 40.9 Å². The zero-order chi connectivity index (χ0) is 17.0. The number of fused-ring (bicyclic) bond motifs is 1. The van der Waals surface area contributed by atoms with E-state index >= 15 is 0 Å². The SMILES string of the molecule is O=c1c2ccccc2ncn1CCS(=O)(=O)N1CCCCCCC1. The molecule has 1 saturated heterocycles. The molecule has 0 bridgehead atoms. The third-order valence-corrected chi connectivity index (χ3v) is 6.38. The Kier molecular flexibility index (Phi) is 5.30. The molecule has 24 heavy (non-hydrogen) atoms. The Morgan fingerprint density at radius 3 is 2.42 bits per heavy atom. The summed E-state index contributed by atoms with van der Waals surface area (Å²) in [7, 11) is -3.35. The molecule has 0 aliphatic carbocycles. The summed E-state index contributed by atoms with van der Waals surface area (Å²) in [5.41, 5.74) is 0.439. The topological polar surface area (TPSA) is 72.3 Å². The van der Waals surface area contributed by atoms with Crippen LogP contribution in [0.2, 0.25) is 0 Å². The average molecular weight is 349 g/mol. The molecule has 0 saturated carbocycles. The molecule has 130 valence electrons. The van der Waals surface area contributed by atoms with E-state index in [1.165, 1.54) is 17.3 Å². The first-order valence-electron chi connectivity index (χ1n) is 8.50. The highest BCUT2D eigenvalue weighted by molar-refractivity contribution is 7.89. The molecule has 1 fully saturated rings. The van der Waals surface area contributed by atoms with Gasteiger partial charge in [-0.1, -0.05) is 31.4 Å². The number of benzene rings is 1. The molecule has 1 aliphatic heterocycles. The van der Waals surface area contributed by atoms with Gasteiger partial charge in [0.2, 0.25) is 10.0 Å². The molecule has 6 nitrogen and oxygen atoms in total. The van der Waals surface area contributed by atoms with Crippen molar-refractivity contribution in [2.24, 2.45) is 0 Å². The van der Waals surface area contributed by atoms with E-state index in [2.05, 4.69) is 4.98 Å². The quantitative estimate of drug-likeness (QED) is 0.846. The van der Waals surface area contributed by atoms with Crippen molar-refractivity contribution in [1.29, 1.82) is 0 Å². The average Bonchev–Trinajstić information content (AvgIpc) is 2.54. The summed E-state index contributed by atoms with van der Waals surface area (Å²) in [5.74, 6) is -0.0626. The van der Waals surface area contributed by atoms with E-state index in [4.69, 9.17) is 0 Å². The number of para-hydroxylation sites is 1. The maximum Gasteiger partial charge on any atom is 0.261 e. The minimum atomic E-state index is -3.35. The van der Waals surface area contributed by atoms with Gasteiger partial charge in [0.25, 0.3) is 5.56 Å². The van der Waals surface area contributed by atoms with Gasteiger partial charge in [-0.25, -0.2) is 17.7 Å². The number of aromatic nitrogens is 2. The molecule has 0 amide bonds. The smallest absolute Gasteiger partial charge is 0.261 e. The third-order valence-electron chi connectivity index (χ3n) is 4.53. The van der Waals surface area contributed by atoms with Crippen molar-refractivity contribution in [3.63, 3.8) is 0 Å². The van der Waals surface area contributed by atoms with Crippen LogP contribution >= 0.6 is 0 Å². The van der Waals surface area contributed by atoms with Gasteiger partial charge in [-0.15, -0.1) is 0 Å². The summed E-state index contributed by atoms with van der Waals surface area (Å²) < 4.78 is 28.2. The zero-order valence-electron chi connectivity index (χ0n) is 13.7. The number of hydrogen-bond donors (Lipinski definition) is 0. The Hall–Kier alpha value is -1.73. The van der Waals surface area contributed by atoms with Crippen LogP contribution in [0.1, 0.15) is 32.1 Å². The molecule has 7 heteroatoms. The van der Waals surface area contributed by atoms with Gasteiger partial charge in [-0.05, 0) is 25.0 Å². The highest BCUT2D eigenvalue weighted by atomic mass is 32.2. The normalized spacial score (nSPS) is 17.5. The highest BCUT2D eigenvalue weighted by Gasteiger charge is 2.22. The molecule has 0 spiro atoms. The van der Waals surface area contributed by atoms with Gasteiger partial charge in [-0.3, -0.25) is 9.36 Å². The monoisotopic (exact) mass is 349 g/mol. The Labute approximate surface area is 142 Å². The van der Waals surface area contributed by atoms with Gasteiger partial charge in [0, 0.05) is 19.6 Å². The van der Waals surface area contributed by atoms with Crippen molar-refractivity contribution in [2.75, 3.05) is 18.8 Å². The van der Waals surface area contributed by atoms with E-state index in [-0.39, 0.29) is 17.9 Å². The molecule has 2 aromatic rings. The molecule has 1 aliphatic rings. The lowest BCUT2D eigenvalue weighted by Crippen LogP contribution is -2.37. The van der Waals surface area contributed by atoms with E-state index in [0.717, 1.165) is 25.7 Å². The number of nitrogens with zero attached hydrogens (tertiary/aromatic N) is 3. The molecule has 0 unspecified atom stereocenters. The molecule has 0 radical (unpaired) electrons. The summed E-state index contributed by atoms with van der Waals surface area (Å²) in [4.78, 5) is 16.7. The number of hydrogen-bond acceptors (Lipinski definition) is 4. The maximum absolute atomic E-state index is 12.6. The van der Waals surface area contributed by atoms with Crippen LogP contribution in [0.15, 0.2) is 35.4 Å². The van der Waals surface area contributed by atoms with Crippen molar-refractivity contribution in [2.45, 2.75) is 38.6 Å². The minimum absolute atomic E-state index is 0.0626. The van der Waals surface area contributed by atoms with Crippen LogP contribution in [0.5, 0.6) is 0 Å². The Balaban J connectivity index is 1.74. The summed E-state index contributed by atoms with van der Waals surface area (Å²) >= 11 is 0. The van der Waals surface area contributed by atoms with Gasteiger partial charge in [0.15, 0.2) is 0 Å². The molecule has 0 N–H and O–H groups in total. The van der Waals surface area contributed by atoms with Gasteiger partial charge in [0.1, 0.15) is 0 Å². The standard InChI is InChI=1S/C17H23N3O3S/c21-17-15-8-4-5-9-16(15)18-14-19(17)12-13-24(22,23)20-10-6-2-1-3-7-11-20/h4-5,8-9,14H,1-3,6-7,10-13H2. The number of aryl methyl sites for hydroxylation is 1. The van der Waals surface area contributed by atoms with Gasteiger partial charge < -0.3 is 0 Å². The van der Waals surface area contributed by atoms with Crippen LogP contribution in [-0.2, 0) is 16.6 Å². The molecule has 3 rings (SSSR count). The molecule has 1 aromatic heterocycles. The fraction of sp³-hybridized carbons (Fsp3) is 0.529. The highest BCUT2D eigenvalue weighted by Crippen LogP contribution is 2.14. The van der Waals surface area contributed by atoms with Gasteiger partial charge >= 0.3 is 0 Å². The predicted octanol–water partition coefficient (Wildman–Crippen LogP) is 1.99. The van der Waals surface area contributed by atoms with E-state index in [1.54, 1.807) is 22.5 Å². The Bertz CT molecular complexity index is 853. The van der Waals surface area contributed by atoms with Crippen LogP contribution in [0.4, 0.5) is 0 Å². The maximum atomic E-state index is 12.6. The van der Waals surface area contributed by atoms with Crippen molar-refractivity contribution < 1.29 is 8.42 Å². The third kappa shape index (κ3) is 3.84. The van der Waals surface area contributed by atoms with Crippen molar-refractivity contribution in [3.8, 4) is 0 Å². The summed E-state index contributed by atoms with van der Waals surface area (Å²) in [5, 5.41) is 0.517. The fourth-order valence-corrected chi connectivity index (χ4v) is 4.60. The second-order valence-corrected chi connectivity index (χ2v) is 8.33. The molecule has 0 atom stereocenters. The van der Waals surface area contributed by atoms with Crippen LogP contribution in [0.3, 0.4) is 0 Å².